The van der Waals surface area contributed by atoms with Crippen molar-refractivity contribution in [3.63, 3.8) is 0 Å². The lowest BCUT2D eigenvalue weighted by Gasteiger charge is -1.93. The molecule has 0 aliphatic heterocycles. The van der Waals surface area contributed by atoms with Gasteiger partial charge in [-0.2, -0.15) is 0 Å². The molecule has 0 bridgehead atoms. The Hall–Kier alpha value is 2.40. The Labute approximate surface area is 85.4 Å². The Morgan fingerprint density at radius 2 is 0.857 bits per heavy atom. The molecule has 0 rings (SSSR count). The van der Waals surface area contributed by atoms with Gasteiger partial charge in [-0.3, -0.25) is 0 Å². The highest BCUT2D eigenvalue weighted by Crippen LogP contribution is 2.39. The number of rotatable bonds is 0. The van der Waals surface area contributed by atoms with Gasteiger partial charge in [0.15, 0.2) is 1.05 Å². The van der Waals surface area contributed by atoms with Crippen molar-refractivity contribution in [3.8, 4) is 0 Å². The second-order valence-corrected chi connectivity index (χ2v) is 11.6. The second-order valence-electron chi connectivity index (χ2n) is 0.429. The molecule has 0 saturated carbocycles. The van der Waals surface area contributed by atoms with Crippen molar-refractivity contribution in [2.75, 3.05) is 5.83 Å². The van der Waals surface area contributed by atoms with Gasteiger partial charge in [0.25, 0.3) is 0 Å². The molecule has 0 atom stereocenters. The van der Waals surface area contributed by atoms with Crippen LogP contribution in [0.5, 0.6) is 0 Å². The van der Waals surface area contributed by atoms with Gasteiger partial charge in [0.2, 0.25) is 0 Å². The molecule has 0 aromatic rings. The third-order valence-electron chi connectivity index (χ3n) is 0. The van der Waals surface area contributed by atoms with E-state index in [1.807, 2.05) is 5.83 Å². The first-order chi connectivity index (χ1) is 3.00. The van der Waals surface area contributed by atoms with Crippen LogP contribution in [-0.4, -0.2) is 6.89 Å². The van der Waals surface area contributed by atoms with Gasteiger partial charge in [-0.15, -0.1) is 0 Å². The molecule has 0 nitrogen and oxygen atoms in total. The molecule has 7 heavy (non-hydrogen) atoms. The molecular weight excluding hydrogens is 424 g/mol. The summed E-state index contributed by atoms with van der Waals surface area (Å²) in [5.41, 5.74) is 0. The molecule has 0 amide bonds. The Kier molecular flexibility index (Phi) is 11.3. The van der Waals surface area contributed by atoms with Gasteiger partial charge in [-0.25, -0.2) is 0 Å². The van der Waals surface area contributed by atoms with Crippen LogP contribution in [0.3, 0.4) is 0 Å². The SMILES string of the molecule is BrC(Br)(Br)Br.CBr. The highest BCUT2D eigenvalue weighted by atomic mass is 80.0. The van der Waals surface area contributed by atoms with E-state index in [9.17, 15) is 0 Å². The van der Waals surface area contributed by atoms with Crippen LogP contribution < -0.4 is 0 Å². The molecule has 0 N–H and O–H groups in total. The summed E-state index contributed by atoms with van der Waals surface area (Å²) in [5, 5.41) is 0. The summed E-state index contributed by atoms with van der Waals surface area (Å²) < 4.78 is -0.250. The van der Waals surface area contributed by atoms with Crippen LogP contribution in [0.15, 0.2) is 0 Å². The van der Waals surface area contributed by atoms with Crippen LogP contribution in [0.25, 0.3) is 0 Å². The van der Waals surface area contributed by atoms with E-state index in [2.05, 4.69) is 79.6 Å². The van der Waals surface area contributed by atoms with Crippen molar-refractivity contribution in [1.29, 1.82) is 0 Å². The maximum Gasteiger partial charge on any atom is 0.189 e. The van der Waals surface area contributed by atoms with Crippen molar-refractivity contribution >= 4 is 79.6 Å². The third kappa shape index (κ3) is 59.7. The van der Waals surface area contributed by atoms with Crippen molar-refractivity contribution < 1.29 is 0 Å². The van der Waals surface area contributed by atoms with Crippen molar-refractivity contribution in [2.45, 2.75) is 1.05 Å². The topological polar surface area (TPSA) is 0 Å². The fraction of sp³-hybridized carbons (Fsp3) is 1.00. The lowest BCUT2D eigenvalue weighted by molar-refractivity contribution is 2.14. The summed E-state index contributed by atoms with van der Waals surface area (Å²) in [6, 6.07) is 0. The molecule has 5 heteroatoms. The largest absolute Gasteiger partial charge is 0.189 e. The molecule has 0 saturated heterocycles. The molecule has 0 aliphatic rings. The van der Waals surface area contributed by atoms with E-state index in [4.69, 9.17) is 0 Å². The smallest absolute Gasteiger partial charge is 0.0966 e. The minimum Gasteiger partial charge on any atom is -0.0966 e. The van der Waals surface area contributed by atoms with E-state index in [1.54, 1.807) is 0 Å². The van der Waals surface area contributed by atoms with E-state index >= 15 is 0 Å². The maximum absolute atomic E-state index is 3.12. The number of alkyl halides is 5. The van der Waals surface area contributed by atoms with Gasteiger partial charge < -0.3 is 0 Å². The van der Waals surface area contributed by atoms with Gasteiger partial charge in [0, 0.05) is 0 Å². The van der Waals surface area contributed by atoms with Gasteiger partial charge in [-0.05, 0) is 69.6 Å². The molecule has 0 spiro atoms. The Morgan fingerprint density at radius 1 is 0.857 bits per heavy atom. The first kappa shape index (κ1) is 12.1. The van der Waals surface area contributed by atoms with E-state index in [0.29, 0.717) is 0 Å². The molecule has 0 aromatic heterocycles. The highest BCUT2D eigenvalue weighted by molar-refractivity contribution is 9.52. The molecule has 0 radical (unpaired) electrons. The molecule has 0 unspecified atom stereocenters. The monoisotopic (exact) mass is 422 g/mol. The van der Waals surface area contributed by atoms with Crippen molar-refractivity contribution in [2.24, 2.45) is 0 Å². The molecule has 0 heterocycles. The van der Waals surface area contributed by atoms with E-state index in [-0.39, 0.29) is 1.05 Å². The minimum absolute atomic E-state index is 0.250. The summed E-state index contributed by atoms with van der Waals surface area (Å²) in [7, 11) is 0. The molecular formula is C2H3Br5. The second kappa shape index (κ2) is 6.52. The van der Waals surface area contributed by atoms with Gasteiger partial charge in [0.05, 0.1) is 0 Å². The fourth-order valence-corrected chi connectivity index (χ4v) is 0. The molecule has 0 aliphatic carbocycles. The van der Waals surface area contributed by atoms with E-state index in [0.717, 1.165) is 0 Å². The first-order valence-corrected chi connectivity index (χ1v) is 5.89. The molecule has 46 valence electrons. The van der Waals surface area contributed by atoms with Gasteiger partial charge in [-0.1, -0.05) is 15.9 Å². The van der Waals surface area contributed by atoms with Crippen LogP contribution in [-0.2, 0) is 0 Å². The van der Waals surface area contributed by atoms with Crippen LogP contribution in [0, 0.1) is 0 Å². The number of hydrogen-bond acceptors (Lipinski definition) is 0. The quantitative estimate of drug-likeness (QED) is 0.510. The Bertz CT molecular complexity index is 21.6. The lowest BCUT2D eigenvalue weighted by atomic mass is 12.0. The van der Waals surface area contributed by atoms with Crippen LogP contribution in [0.2, 0.25) is 0 Å². The highest BCUT2D eigenvalue weighted by Gasteiger charge is 2.08. The standard InChI is InChI=1S/CBr4.CH3Br/c2-1(3,4)5;1-2/h;1H3. The first-order valence-electron chi connectivity index (χ1n) is 1.13. The summed E-state index contributed by atoms with van der Waals surface area (Å²) in [6.07, 6.45) is 0. The fourth-order valence-electron chi connectivity index (χ4n) is 0. The molecule has 0 aromatic carbocycles. The van der Waals surface area contributed by atoms with Gasteiger partial charge in [0.1, 0.15) is 0 Å². The summed E-state index contributed by atoms with van der Waals surface area (Å²) in [5.74, 6) is 1.81. The summed E-state index contributed by atoms with van der Waals surface area (Å²) in [4.78, 5) is 0. The predicted molar refractivity (Wildman–Crippen MR) is 53.3 cm³/mol. The number of hydrogen-bond donors (Lipinski definition) is 0. The third-order valence-corrected chi connectivity index (χ3v) is 0. The summed E-state index contributed by atoms with van der Waals surface area (Å²) >= 11 is 15.4. The average molecular weight is 427 g/mol. The van der Waals surface area contributed by atoms with Crippen LogP contribution in [0.1, 0.15) is 0 Å². The zero-order chi connectivity index (χ0) is 6.50. The van der Waals surface area contributed by atoms with E-state index < -0.39 is 0 Å². The number of halogens is 5. The zero-order valence-corrected chi connectivity index (χ0v) is 11.3. The van der Waals surface area contributed by atoms with Crippen molar-refractivity contribution in [3.05, 3.63) is 0 Å². The van der Waals surface area contributed by atoms with Crippen LogP contribution >= 0.6 is 79.6 Å². The predicted octanol–water partition coefficient (Wildman–Crippen LogP) is 4.19. The van der Waals surface area contributed by atoms with Crippen LogP contribution in [0.4, 0.5) is 0 Å². The maximum atomic E-state index is 3.12. The Morgan fingerprint density at radius 3 is 0.857 bits per heavy atom. The normalized spacial score (nSPS) is 9.43. The van der Waals surface area contributed by atoms with Gasteiger partial charge >= 0.3 is 0 Å². The minimum atomic E-state index is -0.250. The van der Waals surface area contributed by atoms with Crippen molar-refractivity contribution in [1.82, 2.24) is 0 Å². The van der Waals surface area contributed by atoms with E-state index in [1.165, 1.54) is 0 Å². The molecule has 0 fully saturated rings. The zero-order valence-electron chi connectivity index (χ0n) is 3.39. The Balaban J connectivity index is 0. The average Bonchev–Trinajstić information content (AvgIpc) is 1.36. The lowest BCUT2D eigenvalue weighted by Crippen LogP contribution is -1.75. The summed E-state index contributed by atoms with van der Waals surface area (Å²) in [6.45, 7) is 0.